The van der Waals surface area contributed by atoms with Gasteiger partial charge in [-0.25, -0.2) is 0 Å². The second-order valence-electron chi connectivity index (χ2n) is 4.48. The number of phenolic OH excluding ortho intramolecular Hbond substituents is 1. The minimum atomic E-state index is -0.337. The Morgan fingerprint density at radius 1 is 1.59 bits per heavy atom. The maximum absolute atomic E-state index is 12.0. The molecule has 1 saturated heterocycles. The zero-order chi connectivity index (χ0) is 12.5. The molecule has 1 aliphatic rings. The summed E-state index contributed by atoms with van der Waals surface area (Å²) in [4.78, 5) is 12.0. The summed E-state index contributed by atoms with van der Waals surface area (Å²) in [6.07, 6.45) is 0.788. The van der Waals surface area contributed by atoms with Gasteiger partial charge in [0.15, 0.2) is 0 Å². The molecular formula is C12H14BrNO3. The molecule has 1 aliphatic heterocycles. The Balaban J connectivity index is 2.14. The first-order chi connectivity index (χ1) is 8.00. The van der Waals surface area contributed by atoms with Gasteiger partial charge in [0, 0.05) is 11.1 Å². The molecule has 0 spiro atoms. The third kappa shape index (κ3) is 2.79. The highest BCUT2D eigenvalue weighted by atomic mass is 79.9. The van der Waals surface area contributed by atoms with Crippen molar-refractivity contribution in [3.63, 3.8) is 0 Å². The fraction of sp³-hybridized carbons (Fsp3) is 0.417. The average Bonchev–Trinajstić information content (AvgIpc) is 2.64. The summed E-state index contributed by atoms with van der Waals surface area (Å²) in [5.74, 6) is -0.303. The van der Waals surface area contributed by atoms with E-state index >= 15 is 0 Å². The Hall–Kier alpha value is -1.07. The quantitative estimate of drug-likeness (QED) is 0.879. The molecule has 1 unspecified atom stereocenters. The number of carbonyl (C=O) groups excluding carboxylic acids is 1. The number of rotatable bonds is 2. The normalized spacial score (nSPS) is 23.6. The van der Waals surface area contributed by atoms with Crippen LogP contribution in [0.2, 0.25) is 0 Å². The zero-order valence-corrected chi connectivity index (χ0v) is 11.1. The molecule has 0 aromatic heterocycles. The number of halogens is 1. The van der Waals surface area contributed by atoms with Crippen LogP contribution in [0.3, 0.4) is 0 Å². The van der Waals surface area contributed by atoms with Gasteiger partial charge in [-0.05, 0) is 31.5 Å². The summed E-state index contributed by atoms with van der Waals surface area (Å²) in [6, 6.07) is 4.82. The lowest BCUT2D eigenvalue weighted by Crippen LogP contribution is -2.46. The highest BCUT2D eigenvalue weighted by Gasteiger charge is 2.32. The van der Waals surface area contributed by atoms with Gasteiger partial charge in [-0.3, -0.25) is 4.79 Å². The van der Waals surface area contributed by atoms with E-state index in [-0.39, 0.29) is 22.8 Å². The number of hydrogen-bond acceptors (Lipinski definition) is 3. The molecule has 1 amide bonds. The molecule has 4 nitrogen and oxygen atoms in total. The number of nitrogens with one attached hydrogen (secondary N) is 1. The Morgan fingerprint density at radius 3 is 2.94 bits per heavy atom. The summed E-state index contributed by atoms with van der Waals surface area (Å²) in [5, 5.41) is 12.6. The van der Waals surface area contributed by atoms with Gasteiger partial charge in [-0.1, -0.05) is 15.9 Å². The molecule has 0 saturated carbocycles. The van der Waals surface area contributed by atoms with E-state index in [1.54, 1.807) is 12.1 Å². The number of hydrogen-bond donors (Lipinski definition) is 2. The number of carbonyl (C=O) groups is 1. The lowest BCUT2D eigenvalue weighted by atomic mass is 10.0. The van der Waals surface area contributed by atoms with Crippen molar-refractivity contribution in [2.24, 2.45) is 0 Å². The van der Waals surface area contributed by atoms with Crippen LogP contribution >= 0.6 is 15.9 Å². The van der Waals surface area contributed by atoms with Crippen molar-refractivity contribution < 1.29 is 14.6 Å². The van der Waals surface area contributed by atoms with Crippen molar-refractivity contribution in [1.29, 1.82) is 0 Å². The van der Waals surface area contributed by atoms with Crippen molar-refractivity contribution in [2.45, 2.75) is 18.9 Å². The van der Waals surface area contributed by atoms with Crippen LogP contribution in [0.25, 0.3) is 0 Å². The molecule has 0 radical (unpaired) electrons. The number of benzene rings is 1. The van der Waals surface area contributed by atoms with Crippen molar-refractivity contribution in [3.8, 4) is 5.75 Å². The Labute approximate surface area is 108 Å². The van der Waals surface area contributed by atoms with Gasteiger partial charge in [0.2, 0.25) is 0 Å². The van der Waals surface area contributed by atoms with Crippen molar-refractivity contribution in [3.05, 3.63) is 28.2 Å². The first-order valence-corrected chi connectivity index (χ1v) is 6.18. The third-order valence-corrected chi connectivity index (χ3v) is 3.33. The van der Waals surface area contributed by atoms with Gasteiger partial charge in [-0.2, -0.15) is 0 Å². The van der Waals surface area contributed by atoms with Gasteiger partial charge >= 0.3 is 0 Å². The number of ether oxygens (including phenoxy) is 1. The highest BCUT2D eigenvalue weighted by Crippen LogP contribution is 2.24. The fourth-order valence-corrected chi connectivity index (χ4v) is 2.15. The summed E-state index contributed by atoms with van der Waals surface area (Å²) < 4.78 is 6.00. The van der Waals surface area contributed by atoms with Crippen LogP contribution in [0, 0.1) is 0 Å². The Morgan fingerprint density at radius 2 is 2.35 bits per heavy atom. The molecule has 1 aromatic carbocycles. The molecule has 2 rings (SSSR count). The zero-order valence-electron chi connectivity index (χ0n) is 9.50. The second kappa shape index (κ2) is 4.66. The lowest BCUT2D eigenvalue weighted by Gasteiger charge is -2.23. The van der Waals surface area contributed by atoms with Crippen LogP contribution in [0.15, 0.2) is 22.7 Å². The molecule has 1 heterocycles. The Bertz CT molecular complexity index is 441. The van der Waals surface area contributed by atoms with Crippen LogP contribution in [0.1, 0.15) is 23.7 Å². The monoisotopic (exact) mass is 299 g/mol. The van der Waals surface area contributed by atoms with Gasteiger partial charge in [-0.15, -0.1) is 0 Å². The van der Waals surface area contributed by atoms with Crippen LogP contribution in [0.5, 0.6) is 5.75 Å². The Kier molecular flexibility index (Phi) is 3.40. The summed E-state index contributed by atoms with van der Waals surface area (Å²) >= 11 is 3.23. The summed E-state index contributed by atoms with van der Waals surface area (Å²) in [7, 11) is 0. The van der Waals surface area contributed by atoms with Crippen LogP contribution in [-0.4, -0.2) is 29.8 Å². The number of aromatic hydroxyl groups is 1. The van der Waals surface area contributed by atoms with E-state index in [0.717, 1.165) is 10.9 Å². The molecular weight excluding hydrogens is 286 g/mol. The van der Waals surface area contributed by atoms with E-state index < -0.39 is 0 Å². The highest BCUT2D eigenvalue weighted by molar-refractivity contribution is 9.10. The summed E-state index contributed by atoms with van der Waals surface area (Å²) in [5.41, 5.74) is -0.0577. The van der Waals surface area contributed by atoms with Gasteiger partial charge in [0.1, 0.15) is 5.75 Å². The molecule has 0 bridgehead atoms. The SMILES string of the molecule is CC1(NC(=O)c2ccc(Br)cc2O)CCOC1. The standard InChI is InChI=1S/C12H14BrNO3/c1-12(4-5-17-7-12)14-11(16)9-3-2-8(13)6-10(9)15/h2-3,6,15H,4-5,7H2,1H3,(H,14,16). The first-order valence-electron chi connectivity index (χ1n) is 5.39. The number of amides is 1. The topological polar surface area (TPSA) is 58.6 Å². The smallest absolute Gasteiger partial charge is 0.255 e. The predicted octanol–water partition coefficient (Wildman–Crippen LogP) is 2.06. The first kappa shape index (κ1) is 12.4. The maximum atomic E-state index is 12.0. The average molecular weight is 300 g/mol. The minimum absolute atomic E-state index is 0.0283. The second-order valence-corrected chi connectivity index (χ2v) is 5.39. The number of phenols is 1. The molecule has 5 heteroatoms. The van der Waals surface area contributed by atoms with E-state index in [1.165, 1.54) is 6.07 Å². The van der Waals surface area contributed by atoms with E-state index in [4.69, 9.17) is 4.74 Å². The molecule has 1 aromatic rings. The van der Waals surface area contributed by atoms with Gasteiger partial charge in [0.05, 0.1) is 17.7 Å². The van der Waals surface area contributed by atoms with Crippen molar-refractivity contribution in [2.75, 3.05) is 13.2 Å². The lowest BCUT2D eigenvalue weighted by molar-refractivity contribution is 0.0887. The minimum Gasteiger partial charge on any atom is -0.507 e. The van der Waals surface area contributed by atoms with Crippen LogP contribution in [-0.2, 0) is 4.74 Å². The summed E-state index contributed by atoms with van der Waals surface area (Å²) in [6.45, 7) is 3.10. The molecule has 92 valence electrons. The van der Waals surface area contributed by atoms with Gasteiger partial charge < -0.3 is 15.2 Å². The predicted molar refractivity (Wildman–Crippen MR) is 67.1 cm³/mol. The van der Waals surface area contributed by atoms with E-state index in [1.807, 2.05) is 6.92 Å². The maximum Gasteiger partial charge on any atom is 0.255 e. The van der Waals surface area contributed by atoms with Crippen LogP contribution in [0.4, 0.5) is 0 Å². The van der Waals surface area contributed by atoms with E-state index in [9.17, 15) is 9.90 Å². The molecule has 1 atom stereocenters. The molecule has 2 N–H and O–H groups in total. The van der Waals surface area contributed by atoms with Crippen molar-refractivity contribution in [1.82, 2.24) is 5.32 Å². The van der Waals surface area contributed by atoms with Crippen molar-refractivity contribution >= 4 is 21.8 Å². The van der Waals surface area contributed by atoms with E-state index in [2.05, 4.69) is 21.2 Å². The fourth-order valence-electron chi connectivity index (χ4n) is 1.80. The van der Waals surface area contributed by atoms with E-state index in [0.29, 0.717) is 13.2 Å². The molecule has 1 fully saturated rings. The van der Waals surface area contributed by atoms with Crippen LogP contribution < -0.4 is 5.32 Å². The third-order valence-electron chi connectivity index (χ3n) is 2.84. The molecule has 0 aliphatic carbocycles. The van der Waals surface area contributed by atoms with Gasteiger partial charge in [0.25, 0.3) is 5.91 Å². The largest absolute Gasteiger partial charge is 0.507 e. The molecule has 17 heavy (non-hydrogen) atoms.